The van der Waals surface area contributed by atoms with Crippen molar-refractivity contribution in [2.45, 2.75) is 39.7 Å². The molecule has 1 saturated carbocycles. The third-order valence-corrected chi connectivity index (χ3v) is 5.76. The maximum absolute atomic E-state index is 14.8. The predicted octanol–water partition coefficient (Wildman–Crippen LogP) is 5.01. The topological polar surface area (TPSA) is 88.3 Å². The van der Waals surface area contributed by atoms with Gasteiger partial charge in [0, 0.05) is 30.9 Å². The van der Waals surface area contributed by atoms with Gasteiger partial charge in [0.2, 0.25) is 0 Å². The van der Waals surface area contributed by atoms with Crippen LogP contribution in [0.5, 0.6) is 0 Å². The molecule has 3 aromatic rings. The van der Waals surface area contributed by atoms with Gasteiger partial charge in [-0.15, -0.1) is 10.2 Å². The Bertz CT molecular complexity index is 1260. The predicted molar refractivity (Wildman–Crippen MR) is 131 cm³/mol. The number of nitrogens with one attached hydrogen (secondary N) is 1. The number of benzene rings is 1. The van der Waals surface area contributed by atoms with Crippen molar-refractivity contribution in [1.29, 1.82) is 0 Å². The molecule has 0 radical (unpaired) electrons. The van der Waals surface area contributed by atoms with Crippen LogP contribution in [0.4, 0.5) is 15.9 Å². The van der Waals surface area contributed by atoms with E-state index in [0.29, 0.717) is 34.5 Å². The molecule has 0 unspecified atom stereocenters. The molecule has 1 aromatic carbocycles. The fraction of sp³-hybridized carbons (Fsp3) is 0.320. The number of hydrogen-bond acceptors (Lipinski definition) is 6. The van der Waals surface area contributed by atoms with E-state index in [1.54, 1.807) is 37.5 Å². The highest BCUT2D eigenvalue weighted by atomic mass is 19.1. The van der Waals surface area contributed by atoms with Crippen LogP contribution in [0.3, 0.4) is 0 Å². The molecule has 1 aliphatic rings. The van der Waals surface area contributed by atoms with E-state index < -0.39 is 11.7 Å². The first-order chi connectivity index (χ1) is 16.3. The van der Waals surface area contributed by atoms with Gasteiger partial charge in [-0.3, -0.25) is 9.79 Å². The number of carbonyl (C=O) groups excluding carboxylic acids is 1. The summed E-state index contributed by atoms with van der Waals surface area (Å²) in [7, 11) is 1.85. The average molecular weight is 462 g/mol. The van der Waals surface area contributed by atoms with Crippen LogP contribution in [0.1, 0.15) is 48.7 Å². The second-order valence-corrected chi connectivity index (χ2v) is 8.73. The fourth-order valence-corrected chi connectivity index (χ4v) is 3.75. The number of pyridine rings is 1. The highest BCUT2D eigenvalue weighted by molar-refractivity contribution is 6.04. The summed E-state index contributed by atoms with van der Waals surface area (Å²) in [6, 6.07) is 8.25. The Labute approximate surface area is 198 Å². The third-order valence-electron chi connectivity index (χ3n) is 5.76. The molecule has 0 spiro atoms. The molecule has 0 saturated heterocycles. The summed E-state index contributed by atoms with van der Waals surface area (Å²) in [6.45, 7) is 9.49. The highest BCUT2D eigenvalue weighted by Crippen LogP contribution is 2.37. The fourth-order valence-electron chi connectivity index (χ4n) is 3.75. The smallest absolute Gasteiger partial charge is 0.259 e. The van der Waals surface area contributed by atoms with Crippen molar-refractivity contribution < 1.29 is 9.18 Å². The average Bonchev–Trinajstić information content (AvgIpc) is 3.52. The Kier molecular flexibility index (Phi) is 6.54. The molecule has 1 aliphatic carbocycles. The van der Waals surface area contributed by atoms with Crippen LogP contribution in [0.2, 0.25) is 0 Å². The van der Waals surface area contributed by atoms with E-state index in [1.165, 1.54) is 6.07 Å². The van der Waals surface area contributed by atoms with Gasteiger partial charge in [-0.05, 0) is 70.2 Å². The summed E-state index contributed by atoms with van der Waals surface area (Å²) in [5.41, 5.74) is 2.80. The van der Waals surface area contributed by atoms with Crippen LogP contribution in [0.25, 0.3) is 11.5 Å². The quantitative estimate of drug-likeness (QED) is 0.477. The molecule has 2 heterocycles. The first-order valence-corrected chi connectivity index (χ1v) is 11.2. The molecule has 1 N–H and O–H groups in total. The number of aliphatic imine (C=N–C) groups is 1. The number of aryl methyl sites for hydroxylation is 1. The molecular weight excluding hydrogens is 433 g/mol. The van der Waals surface area contributed by atoms with Gasteiger partial charge in [-0.1, -0.05) is 6.07 Å². The van der Waals surface area contributed by atoms with Crippen LogP contribution in [0.15, 0.2) is 53.5 Å². The molecule has 34 heavy (non-hydrogen) atoms. The third kappa shape index (κ3) is 4.88. The number of halogens is 1. The Morgan fingerprint density at radius 1 is 1.35 bits per heavy atom. The number of anilines is 2. The molecule has 176 valence electrons. The number of carbonyl (C=O) groups is 1. The minimum absolute atomic E-state index is 0.0714. The van der Waals surface area contributed by atoms with E-state index in [9.17, 15) is 9.18 Å². The number of aromatic nitrogens is 4. The van der Waals surface area contributed by atoms with Crippen molar-refractivity contribution >= 4 is 24.1 Å². The first-order valence-electron chi connectivity index (χ1n) is 11.2. The van der Waals surface area contributed by atoms with Crippen molar-refractivity contribution in [2.75, 3.05) is 17.3 Å². The van der Waals surface area contributed by atoms with Gasteiger partial charge in [0.15, 0.2) is 5.82 Å². The molecule has 8 nitrogen and oxygen atoms in total. The number of allylic oxidation sites excluding steroid dienone is 1. The van der Waals surface area contributed by atoms with Crippen molar-refractivity contribution in [1.82, 2.24) is 19.7 Å². The second kappa shape index (κ2) is 9.54. The zero-order valence-corrected chi connectivity index (χ0v) is 19.8. The number of nitrogens with zero attached hydrogens (tertiary/aromatic N) is 6. The highest BCUT2D eigenvalue weighted by Gasteiger charge is 2.26. The van der Waals surface area contributed by atoms with Gasteiger partial charge in [-0.2, -0.15) is 0 Å². The van der Waals surface area contributed by atoms with Gasteiger partial charge < -0.3 is 14.8 Å². The number of hydrogen-bond donors (Lipinski definition) is 1. The summed E-state index contributed by atoms with van der Waals surface area (Å²) in [5, 5.41) is 10.8. The molecular formula is C25H28FN7O. The minimum Gasteiger partial charge on any atom is -0.349 e. The van der Waals surface area contributed by atoms with Crippen LogP contribution in [0, 0.1) is 18.7 Å². The first kappa shape index (κ1) is 23.3. The van der Waals surface area contributed by atoms with E-state index in [0.717, 1.165) is 18.5 Å². The van der Waals surface area contributed by atoms with Gasteiger partial charge in [0.25, 0.3) is 5.91 Å². The van der Waals surface area contributed by atoms with E-state index in [-0.39, 0.29) is 11.6 Å². The molecule has 9 heteroatoms. The Morgan fingerprint density at radius 2 is 2.12 bits per heavy atom. The lowest BCUT2D eigenvalue weighted by Crippen LogP contribution is -2.18. The van der Waals surface area contributed by atoms with E-state index in [4.69, 9.17) is 0 Å². The normalized spacial score (nSPS) is 13.8. The van der Waals surface area contributed by atoms with Gasteiger partial charge >= 0.3 is 0 Å². The lowest BCUT2D eigenvalue weighted by molar-refractivity contribution is 0.102. The summed E-state index contributed by atoms with van der Waals surface area (Å²) in [6.07, 6.45) is 5.71. The van der Waals surface area contributed by atoms with Crippen molar-refractivity contribution in [2.24, 2.45) is 10.9 Å². The SMILES string of the molecule is C=N/C(=C\N(C)c1cc(C(=O)Nc2cccc(-c3nncn3C(C)C)n2)c(F)cc1C)C1CC1. The molecule has 1 amide bonds. The second-order valence-electron chi connectivity index (χ2n) is 8.73. The van der Waals surface area contributed by atoms with E-state index >= 15 is 0 Å². The molecule has 0 aliphatic heterocycles. The molecule has 0 bridgehead atoms. The Hall–Kier alpha value is -3.88. The minimum atomic E-state index is -0.601. The lowest BCUT2D eigenvalue weighted by Gasteiger charge is -2.19. The lowest BCUT2D eigenvalue weighted by atomic mass is 10.1. The zero-order chi connectivity index (χ0) is 24.4. The monoisotopic (exact) mass is 461 g/mol. The number of rotatable bonds is 8. The molecule has 2 aromatic heterocycles. The molecule has 0 atom stereocenters. The van der Waals surface area contributed by atoms with Crippen molar-refractivity contribution in [3.63, 3.8) is 0 Å². The summed E-state index contributed by atoms with van der Waals surface area (Å²) >= 11 is 0. The van der Waals surface area contributed by atoms with E-state index in [1.807, 2.05) is 36.6 Å². The van der Waals surface area contributed by atoms with Gasteiger partial charge in [0.1, 0.15) is 23.7 Å². The van der Waals surface area contributed by atoms with Crippen LogP contribution < -0.4 is 10.2 Å². The maximum atomic E-state index is 14.8. The summed E-state index contributed by atoms with van der Waals surface area (Å²) in [4.78, 5) is 23.5. The van der Waals surface area contributed by atoms with Crippen LogP contribution in [-0.2, 0) is 0 Å². The van der Waals surface area contributed by atoms with Gasteiger partial charge in [-0.25, -0.2) is 9.37 Å². The van der Waals surface area contributed by atoms with E-state index in [2.05, 4.69) is 32.2 Å². The standard InChI is InChI=1S/C25H28FN7O/c1-15(2)33-14-28-31-24(33)20-7-6-8-23(29-20)30-25(34)18-12-22(16(3)11-19(18)26)32(5)13-21(27-4)17-9-10-17/h6-8,11-15,17H,4,9-10H2,1-3,5H3,(H,29,30,34)/b21-13-. The zero-order valence-electron chi connectivity index (χ0n) is 19.8. The number of amides is 1. The Morgan fingerprint density at radius 3 is 2.79 bits per heavy atom. The Balaban J connectivity index is 1.59. The van der Waals surface area contributed by atoms with Crippen LogP contribution in [-0.4, -0.2) is 39.4 Å². The van der Waals surface area contributed by atoms with Crippen molar-refractivity contribution in [3.05, 3.63) is 65.5 Å². The molecule has 4 rings (SSSR count). The van der Waals surface area contributed by atoms with Gasteiger partial charge in [0.05, 0.1) is 11.3 Å². The maximum Gasteiger partial charge on any atom is 0.259 e. The summed E-state index contributed by atoms with van der Waals surface area (Å²) in [5.74, 6) is 0.114. The molecule has 1 fully saturated rings. The largest absolute Gasteiger partial charge is 0.349 e. The summed E-state index contributed by atoms with van der Waals surface area (Å²) < 4.78 is 16.7. The van der Waals surface area contributed by atoms with Crippen molar-refractivity contribution in [3.8, 4) is 11.5 Å². The van der Waals surface area contributed by atoms with Crippen LogP contribution >= 0.6 is 0 Å².